The van der Waals surface area contributed by atoms with Crippen molar-refractivity contribution in [2.45, 2.75) is 34.1 Å². The van der Waals surface area contributed by atoms with Gasteiger partial charge in [-0.05, 0) is 31.9 Å². The molecule has 0 unspecified atom stereocenters. The predicted molar refractivity (Wildman–Crippen MR) is 86.9 cm³/mol. The number of aromatic hydroxyl groups is 1. The molecular weight excluding hydrogens is 266 g/mol. The molecule has 1 amide bonds. The van der Waals surface area contributed by atoms with Crippen molar-refractivity contribution in [3.63, 3.8) is 0 Å². The van der Waals surface area contributed by atoms with E-state index >= 15 is 0 Å². The summed E-state index contributed by atoms with van der Waals surface area (Å²) in [4.78, 5) is 13.6. The highest BCUT2D eigenvalue weighted by Gasteiger charge is 2.06. The number of nitrogens with zero attached hydrogens (tertiary/aromatic N) is 2. The molecule has 1 aromatic rings. The Bertz CT molecular complexity index is 494. The average molecular weight is 291 g/mol. The molecule has 0 aliphatic heterocycles. The number of hydrogen-bond acceptors (Lipinski definition) is 4. The van der Waals surface area contributed by atoms with Crippen LogP contribution in [0.1, 0.15) is 39.7 Å². The van der Waals surface area contributed by atoms with Crippen molar-refractivity contribution in [3.8, 4) is 5.75 Å². The summed E-state index contributed by atoms with van der Waals surface area (Å²) < 4.78 is 0. The number of carbonyl (C=O) groups is 1. The molecule has 5 heteroatoms. The number of phenols is 1. The van der Waals surface area contributed by atoms with Gasteiger partial charge < -0.3 is 10.0 Å². The van der Waals surface area contributed by atoms with Crippen molar-refractivity contribution in [2.24, 2.45) is 11.0 Å². The Labute approximate surface area is 126 Å². The van der Waals surface area contributed by atoms with Crippen molar-refractivity contribution >= 4 is 17.8 Å². The van der Waals surface area contributed by atoms with Crippen LogP contribution in [0, 0.1) is 5.92 Å². The molecule has 0 heterocycles. The van der Waals surface area contributed by atoms with Crippen molar-refractivity contribution in [1.82, 2.24) is 5.43 Å². The number of nitrogens with one attached hydrogen (secondary N) is 1. The number of hydrazone groups is 1. The monoisotopic (exact) mass is 291 g/mol. The highest BCUT2D eigenvalue weighted by atomic mass is 16.3. The molecule has 0 spiro atoms. The maximum absolute atomic E-state index is 11.5. The summed E-state index contributed by atoms with van der Waals surface area (Å²) in [5, 5.41) is 13.9. The van der Waals surface area contributed by atoms with Crippen LogP contribution >= 0.6 is 0 Å². The summed E-state index contributed by atoms with van der Waals surface area (Å²) >= 11 is 0. The lowest BCUT2D eigenvalue weighted by atomic mass is 10.1. The quantitative estimate of drug-likeness (QED) is 0.599. The standard InChI is InChI=1S/C16H25N3O2/c1-5-19(6-2)14-8-7-13(15(20)10-14)11-17-18-16(21)9-12(3)4/h7-8,10-12,20H,5-6,9H2,1-4H3,(H,18,21)/b17-11+. The largest absolute Gasteiger partial charge is 0.507 e. The van der Waals surface area contributed by atoms with Gasteiger partial charge in [0.1, 0.15) is 5.75 Å². The van der Waals surface area contributed by atoms with Crippen LogP contribution < -0.4 is 10.3 Å². The smallest absolute Gasteiger partial charge is 0.240 e. The molecule has 0 aliphatic rings. The summed E-state index contributed by atoms with van der Waals surface area (Å²) in [5.41, 5.74) is 4.01. The first-order chi connectivity index (χ1) is 9.97. The van der Waals surface area contributed by atoms with E-state index < -0.39 is 0 Å². The van der Waals surface area contributed by atoms with Crippen LogP contribution in [-0.4, -0.2) is 30.3 Å². The Morgan fingerprint density at radius 2 is 2.05 bits per heavy atom. The minimum Gasteiger partial charge on any atom is -0.507 e. The molecule has 0 bridgehead atoms. The Morgan fingerprint density at radius 3 is 2.57 bits per heavy atom. The third kappa shape index (κ3) is 5.45. The molecule has 0 fully saturated rings. The van der Waals surface area contributed by atoms with E-state index in [9.17, 15) is 9.90 Å². The number of hydrogen-bond donors (Lipinski definition) is 2. The molecule has 2 N–H and O–H groups in total. The Hall–Kier alpha value is -2.04. The highest BCUT2D eigenvalue weighted by Crippen LogP contribution is 2.23. The minimum atomic E-state index is -0.125. The SMILES string of the molecule is CCN(CC)c1ccc(/C=N/NC(=O)CC(C)C)c(O)c1. The number of amides is 1. The van der Waals surface area contributed by atoms with Crippen LogP contribution in [0.25, 0.3) is 0 Å². The minimum absolute atomic E-state index is 0.125. The lowest BCUT2D eigenvalue weighted by molar-refractivity contribution is -0.121. The van der Waals surface area contributed by atoms with Gasteiger partial charge in [0.2, 0.25) is 5.91 Å². The zero-order valence-electron chi connectivity index (χ0n) is 13.3. The number of carbonyl (C=O) groups excluding carboxylic acids is 1. The van der Waals surface area contributed by atoms with E-state index in [-0.39, 0.29) is 11.7 Å². The van der Waals surface area contributed by atoms with Gasteiger partial charge in [-0.15, -0.1) is 0 Å². The summed E-state index contributed by atoms with van der Waals surface area (Å²) in [5.74, 6) is 0.323. The third-order valence-electron chi connectivity index (χ3n) is 3.13. The van der Waals surface area contributed by atoms with E-state index in [0.29, 0.717) is 17.9 Å². The van der Waals surface area contributed by atoms with Gasteiger partial charge in [-0.1, -0.05) is 13.8 Å². The van der Waals surface area contributed by atoms with Gasteiger partial charge in [0, 0.05) is 36.8 Å². The van der Waals surface area contributed by atoms with Crippen LogP contribution in [0.15, 0.2) is 23.3 Å². The first kappa shape index (κ1) is 17.0. The van der Waals surface area contributed by atoms with Crippen LogP contribution in [0.2, 0.25) is 0 Å². The lowest BCUT2D eigenvalue weighted by Gasteiger charge is -2.21. The van der Waals surface area contributed by atoms with Crippen LogP contribution in [-0.2, 0) is 4.79 Å². The van der Waals surface area contributed by atoms with E-state index in [0.717, 1.165) is 18.8 Å². The molecule has 0 aromatic heterocycles. The lowest BCUT2D eigenvalue weighted by Crippen LogP contribution is -2.21. The zero-order chi connectivity index (χ0) is 15.8. The van der Waals surface area contributed by atoms with Crippen LogP contribution in [0.5, 0.6) is 5.75 Å². The van der Waals surface area contributed by atoms with E-state index in [1.807, 2.05) is 19.9 Å². The Morgan fingerprint density at radius 1 is 1.38 bits per heavy atom. The molecule has 21 heavy (non-hydrogen) atoms. The number of rotatable bonds is 7. The second kappa shape index (κ2) is 8.29. The predicted octanol–water partition coefficient (Wildman–Crippen LogP) is 2.73. The average Bonchev–Trinajstić information content (AvgIpc) is 2.41. The van der Waals surface area contributed by atoms with Gasteiger partial charge >= 0.3 is 0 Å². The van der Waals surface area contributed by atoms with Crippen molar-refractivity contribution in [3.05, 3.63) is 23.8 Å². The third-order valence-corrected chi connectivity index (χ3v) is 3.13. The van der Waals surface area contributed by atoms with E-state index in [4.69, 9.17) is 0 Å². The van der Waals surface area contributed by atoms with E-state index in [1.54, 1.807) is 12.1 Å². The Kier molecular flexibility index (Phi) is 6.72. The summed E-state index contributed by atoms with van der Waals surface area (Å²) in [6, 6.07) is 5.44. The van der Waals surface area contributed by atoms with E-state index in [2.05, 4.69) is 29.3 Å². The topological polar surface area (TPSA) is 64.9 Å². The molecule has 0 radical (unpaired) electrons. The molecule has 0 saturated heterocycles. The molecule has 116 valence electrons. The second-order valence-electron chi connectivity index (χ2n) is 5.31. The molecule has 1 rings (SSSR count). The normalized spacial score (nSPS) is 11.1. The molecule has 0 saturated carbocycles. The number of phenolic OH excluding ortho intramolecular Hbond substituents is 1. The first-order valence-corrected chi connectivity index (χ1v) is 7.37. The van der Waals surface area contributed by atoms with Crippen LogP contribution in [0.4, 0.5) is 5.69 Å². The second-order valence-corrected chi connectivity index (χ2v) is 5.31. The number of anilines is 1. The van der Waals surface area contributed by atoms with Gasteiger partial charge in [-0.3, -0.25) is 4.79 Å². The van der Waals surface area contributed by atoms with Gasteiger partial charge in [0.25, 0.3) is 0 Å². The van der Waals surface area contributed by atoms with Gasteiger partial charge in [0.15, 0.2) is 0 Å². The van der Waals surface area contributed by atoms with Gasteiger partial charge in [0.05, 0.1) is 6.21 Å². The first-order valence-electron chi connectivity index (χ1n) is 7.37. The zero-order valence-corrected chi connectivity index (χ0v) is 13.3. The fourth-order valence-electron chi connectivity index (χ4n) is 2.02. The molecular formula is C16H25N3O2. The molecule has 0 aliphatic carbocycles. The summed E-state index contributed by atoms with van der Waals surface area (Å²) in [6.45, 7) is 9.85. The maximum Gasteiger partial charge on any atom is 0.240 e. The van der Waals surface area contributed by atoms with Gasteiger partial charge in [-0.2, -0.15) is 5.10 Å². The fraction of sp³-hybridized carbons (Fsp3) is 0.500. The van der Waals surface area contributed by atoms with Crippen molar-refractivity contribution in [1.29, 1.82) is 0 Å². The number of benzene rings is 1. The van der Waals surface area contributed by atoms with Gasteiger partial charge in [-0.25, -0.2) is 5.43 Å². The molecule has 1 aromatic carbocycles. The Balaban J connectivity index is 2.70. The highest BCUT2D eigenvalue weighted by molar-refractivity contribution is 5.86. The van der Waals surface area contributed by atoms with Crippen LogP contribution in [0.3, 0.4) is 0 Å². The van der Waals surface area contributed by atoms with E-state index in [1.165, 1.54) is 6.21 Å². The summed E-state index contributed by atoms with van der Waals surface area (Å²) in [7, 11) is 0. The molecule has 5 nitrogen and oxygen atoms in total. The fourth-order valence-corrected chi connectivity index (χ4v) is 2.02. The molecule has 0 atom stereocenters. The van der Waals surface area contributed by atoms with Crippen molar-refractivity contribution in [2.75, 3.05) is 18.0 Å². The van der Waals surface area contributed by atoms with Crippen molar-refractivity contribution < 1.29 is 9.90 Å². The maximum atomic E-state index is 11.5. The summed E-state index contributed by atoms with van der Waals surface area (Å²) in [6.07, 6.45) is 1.89.